The van der Waals surface area contributed by atoms with Crippen LogP contribution in [0.3, 0.4) is 0 Å². The number of hydrogen-bond acceptors (Lipinski definition) is 5. The highest BCUT2D eigenvalue weighted by molar-refractivity contribution is 7.99. The molecule has 0 aromatic heterocycles. The van der Waals surface area contributed by atoms with Gasteiger partial charge in [-0.3, -0.25) is 9.59 Å². The van der Waals surface area contributed by atoms with Crippen molar-refractivity contribution < 1.29 is 19.1 Å². The monoisotopic (exact) mass is 518 g/mol. The molecule has 0 aliphatic carbocycles. The number of carbonyl (C=O) groups is 2. The summed E-state index contributed by atoms with van der Waals surface area (Å²) in [6.07, 6.45) is 6.88. The largest absolute Gasteiger partial charge is 0.458 e. The predicted octanol–water partition coefficient (Wildman–Crippen LogP) is 7.46. The van der Waals surface area contributed by atoms with E-state index in [0.29, 0.717) is 0 Å². The second kappa shape index (κ2) is 19.0. The molecule has 5 heteroatoms. The van der Waals surface area contributed by atoms with Gasteiger partial charge in [-0.2, -0.15) is 0 Å². The van der Waals surface area contributed by atoms with Gasteiger partial charge in [-0.15, -0.1) is 23.6 Å². The molecule has 0 aliphatic heterocycles. The molecule has 4 nitrogen and oxygen atoms in total. The van der Waals surface area contributed by atoms with E-state index in [1.54, 1.807) is 11.8 Å². The van der Waals surface area contributed by atoms with E-state index in [9.17, 15) is 9.59 Å². The van der Waals surface area contributed by atoms with E-state index in [4.69, 9.17) is 9.47 Å². The topological polar surface area (TPSA) is 52.6 Å². The van der Waals surface area contributed by atoms with E-state index in [2.05, 4.69) is 23.7 Å². The molecule has 37 heavy (non-hydrogen) atoms. The standard InChI is InChI=1S/C32H38O4S/c1-27(33)35-31(29-19-11-9-12-20-29)23-15-5-3-7-17-25-37-26-18-8-4-6-16-24-32(36-28(2)34)30-21-13-10-14-22-30/h9-14,19-22,31-32H,3-6,15-16,23-26H2,1-2H3. The third kappa shape index (κ3) is 14.2. The van der Waals surface area contributed by atoms with E-state index in [1.807, 2.05) is 60.7 Å². The molecule has 0 bridgehead atoms. The lowest BCUT2D eigenvalue weighted by atomic mass is 10.0. The van der Waals surface area contributed by atoms with Crippen molar-refractivity contribution >= 4 is 23.7 Å². The first kappa shape index (κ1) is 30.1. The van der Waals surface area contributed by atoms with E-state index >= 15 is 0 Å². The maximum Gasteiger partial charge on any atom is 0.303 e. The summed E-state index contributed by atoms with van der Waals surface area (Å²) in [4.78, 5) is 22.8. The van der Waals surface area contributed by atoms with Crippen LogP contribution in [-0.4, -0.2) is 23.4 Å². The quantitative estimate of drug-likeness (QED) is 0.148. The third-order valence-corrected chi connectivity index (χ3v) is 6.29. The molecule has 0 N–H and O–H groups in total. The van der Waals surface area contributed by atoms with Gasteiger partial charge in [0.05, 0.1) is 11.5 Å². The lowest BCUT2D eigenvalue weighted by Gasteiger charge is -2.17. The number of benzene rings is 2. The predicted molar refractivity (Wildman–Crippen MR) is 152 cm³/mol. The molecular weight excluding hydrogens is 480 g/mol. The number of ether oxygens (including phenoxy) is 2. The number of esters is 2. The Bertz CT molecular complexity index is 959. The molecule has 0 amide bonds. The van der Waals surface area contributed by atoms with Crippen LogP contribution in [0.15, 0.2) is 60.7 Å². The van der Waals surface area contributed by atoms with E-state index in [-0.39, 0.29) is 24.1 Å². The Kier molecular flexibility index (Phi) is 15.5. The van der Waals surface area contributed by atoms with Crippen molar-refractivity contribution in [2.75, 3.05) is 11.5 Å². The SMILES string of the molecule is CC(=O)OC(CCCCC#CCSCC#CCCCCC(OC(C)=O)c1ccccc1)c1ccccc1. The number of carbonyl (C=O) groups excluding carboxylic acids is 2. The first-order valence-corrected chi connectivity index (χ1v) is 14.1. The molecule has 2 rings (SSSR count). The second-order valence-electron chi connectivity index (χ2n) is 8.71. The zero-order valence-electron chi connectivity index (χ0n) is 22.0. The summed E-state index contributed by atoms with van der Waals surface area (Å²) in [6.45, 7) is 2.91. The second-order valence-corrected chi connectivity index (χ2v) is 9.69. The average Bonchev–Trinajstić information content (AvgIpc) is 2.90. The fourth-order valence-corrected chi connectivity index (χ4v) is 4.35. The molecule has 0 spiro atoms. The maximum absolute atomic E-state index is 11.4. The summed E-state index contributed by atoms with van der Waals surface area (Å²) >= 11 is 1.74. The molecular formula is C32H38O4S. The smallest absolute Gasteiger partial charge is 0.303 e. The van der Waals surface area contributed by atoms with Gasteiger partial charge in [0.15, 0.2) is 0 Å². The van der Waals surface area contributed by atoms with Crippen molar-refractivity contribution in [3.8, 4) is 23.7 Å². The number of unbranched alkanes of at least 4 members (excludes halogenated alkanes) is 4. The maximum atomic E-state index is 11.4. The van der Waals surface area contributed by atoms with Crippen molar-refractivity contribution in [1.82, 2.24) is 0 Å². The van der Waals surface area contributed by atoms with Crippen LogP contribution in [0.5, 0.6) is 0 Å². The van der Waals surface area contributed by atoms with Crippen LogP contribution in [0, 0.1) is 23.7 Å². The highest BCUT2D eigenvalue weighted by Crippen LogP contribution is 2.25. The minimum absolute atomic E-state index is 0.181. The molecule has 196 valence electrons. The van der Waals surface area contributed by atoms with Crippen molar-refractivity contribution in [2.45, 2.75) is 77.4 Å². The van der Waals surface area contributed by atoms with Crippen LogP contribution in [0.4, 0.5) is 0 Å². The Morgan fingerprint density at radius 3 is 1.43 bits per heavy atom. The Balaban J connectivity index is 1.52. The van der Waals surface area contributed by atoms with Gasteiger partial charge in [-0.25, -0.2) is 0 Å². The van der Waals surface area contributed by atoms with Gasteiger partial charge in [-0.05, 0) is 49.7 Å². The van der Waals surface area contributed by atoms with Crippen LogP contribution in [-0.2, 0) is 19.1 Å². The van der Waals surface area contributed by atoms with Crippen molar-refractivity contribution in [2.24, 2.45) is 0 Å². The van der Waals surface area contributed by atoms with Gasteiger partial charge in [-0.1, -0.05) is 72.5 Å². The van der Waals surface area contributed by atoms with Gasteiger partial charge >= 0.3 is 11.9 Å². The molecule has 2 unspecified atom stereocenters. The van der Waals surface area contributed by atoms with Crippen molar-refractivity contribution in [3.05, 3.63) is 71.8 Å². The Morgan fingerprint density at radius 2 is 1.05 bits per heavy atom. The minimum Gasteiger partial charge on any atom is -0.458 e. The minimum atomic E-state index is -0.246. The summed E-state index contributed by atoms with van der Waals surface area (Å²) in [5, 5.41) is 0. The van der Waals surface area contributed by atoms with Crippen LogP contribution >= 0.6 is 11.8 Å². The lowest BCUT2D eigenvalue weighted by Crippen LogP contribution is -2.08. The molecule has 0 radical (unpaired) electrons. The van der Waals surface area contributed by atoms with Gasteiger partial charge in [0.1, 0.15) is 12.2 Å². The summed E-state index contributed by atoms with van der Waals surface area (Å²) in [7, 11) is 0. The summed E-state index contributed by atoms with van der Waals surface area (Å²) in [5.41, 5.74) is 2.08. The lowest BCUT2D eigenvalue weighted by molar-refractivity contribution is -0.148. The van der Waals surface area contributed by atoms with E-state index in [0.717, 1.165) is 74.0 Å². The van der Waals surface area contributed by atoms with Crippen LogP contribution < -0.4 is 0 Å². The zero-order chi connectivity index (χ0) is 26.6. The summed E-state index contributed by atoms with van der Waals surface area (Å²) < 4.78 is 11.0. The van der Waals surface area contributed by atoms with Crippen molar-refractivity contribution in [3.63, 3.8) is 0 Å². The van der Waals surface area contributed by atoms with Crippen LogP contribution in [0.2, 0.25) is 0 Å². The van der Waals surface area contributed by atoms with Crippen molar-refractivity contribution in [1.29, 1.82) is 0 Å². The number of rotatable bonds is 14. The highest BCUT2D eigenvalue weighted by Gasteiger charge is 2.14. The average molecular weight is 519 g/mol. The fraction of sp³-hybridized carbons (Fsp3) is 0.438. The van der Waals surface area contributed by atoms with Gasteiger partial charge < -0.3 is 9.47 Å². The number of thioether (sulfide) groups is 1. The fourth-order valence-electron chi connectivity index (χ4n) is 3.84. The Labute approximate surface area is 226 Å². The molecule has 0 heterocycles. The first-order valence-electron chi connectivity index (χ1n) is 13.0. The summed E-state index contributed by atoms with van der Waals surface area (Å²) in [6, 6.07) is 19.8. The molecule has 2 aromatic rings. The third-order valence-electron chi connectivity index (χ3n) is 5.59. The summed E-state index contributed by atoms with van der Waals surface area (Å²) in [5.74, 6) is 14.0. The van der Waals surface area contributed by atoms with E-state index < -0.39 is 0 Å². The molecule has 2 atom stereocenters. The zero-order valence-corrected chi connectivity index (χ0v) is 22.9. The van der Waals surface area contributed by atoms with Gasteiger partial charge in [0.2, 0.25) is 0 Å². The molecule has 2 aromatic carbocycles. The normalized spacial score (nSPS) is 11.7. The van der Waals surface area contributed by atoms with Crippen LogP contribution in [0.1, 0.15) is 88.5 Å². The molecule has 0 saturated carbocycles. The molecule has 0 fully saturated rings. The Morgan fingerprint density at radius 1 is 0.649 bits per heavy atom. The Hall–Kier alpha value is -3.15. The first-order chi connectivity index (χ1) is 18.1. The van der Waals surface area contributed by atoms with Crippen LogP contribution in [0.25, 0.3) is 0 Å². The highest BCUT2D eigenvalue weighted by atomic mass is 32.2. The molecule has 0 saturated heterocycles. The van der Waals surface area contributed by atoms with Gasteiger partial charge in [0, 0.05) is 26.7 Å². The molecule has 0 aliphatic rings. The van der Waals surface area contributed by atoms with Gasteiger partial charge in [0.25, 0.3) is 0 Å². The number of hydrogen-bond donors (Lipinski definition) is 0. The van der Waals surface area contributed by atoms with E-state index in [1.165, 1.54) is 13.8 Å².